The molecular formula is C15H14F5NO. The van der Waals surface area contributed by atoms with Gasteiger partial charge in [0.05, 0.1) is 5.92 Å². The summed E-state index contributed by atoms with van der Waals surface area (Å²) in [4.78, 5) is 13.1. The van der Waals surface area contributed by atoms with Crippen LogP contribution in [0.4, 0.5) is 22.0 Å². The molecule has 1 fully saturated rings. The molecule has 1 atom stereocenters. The normalized spacial score (nSPS) is 19.1. The molecule has 1 saturated heterocycles. The lowest BCUT2D eigenvalue weighted by atomic mass is 9.96. The molecule has 0 aliphatic carbocycles. The van der Waals surface area contributed by atoms with Gasteiger partial charge in [-0.25, -0.2) is 8.78 Å². The van der Waals surface area contributed by atoms with Crippen molar-refractivity contribution in [2.24, 2.45) is 5.92 Å². The summed E-state index contributed by atoms with van der Waals surface area (Å²) >= 11 is 0. The Morgan fingerprint density at radius 3 is 2.59 bits per heavy atom. The van der Waals surface area contributed by atoms with E-state index >= 15 is 0 Å². The van der Waals surface area contributed by atoms with Crippen molar-refractivity contribution < 1.29 is 26.7 Å². The van der Waals surface area contributed by atoms with Crippen LogP contribution in [0.25, 0.3) is 6.08 Å². The molecule has 0 spiro atoms. The summed E-state index contributed by atoms with van der Waals surface area (Å²) < 4.78 is 66.1. The Bertz CT molecular complexity index is 596. The highest BCUT2D eigenvalue weighted by Crippen LogP contribution is 2.34. The zero-order valence-corrected chi connectivity index (χ0v) is 11.6. The van der Waals surface area contributed by atoms with Gasteiger partial charge in [-0.1, -0.05) is 12.7 Å². The molecule has 0 aromatic heterocycles. The number of nitrogens with zero attached hydrogens (tertiary/aromatic N) is 1. The number of halogens is 5. The van der Waals surface area contributed by atoms with Gasteiger partial charge >= 0.3 is 6.18 Å². The Labute approximate surface area is 124 Å². The number of carbonyl (C=O) groups is 1. The molecule has 1 aromatic carbocycles. The van der Waals surface area contributed by atoms with Gasteiger partial charge in [0.1, 0.15) is 17.2 Å². The van der Waals surface area contributed by atoms with Crippen molar-refractivity contribution in [1.29, 1.82) is 0 Å². The first-order valence-electron chi connectivity index (χ1n) is 6.72. The van der Waals surface area contributed by atoms with Crippen molar-refractivity contribution in [3.05, 3.63) is 41.5 Å². The molecule has 1 aromatic rings. The van der Waals surface area contributed by atoms with Crippen molar-refractivity contribution in [1.82, 2.24) is 4.90 Å². The molecule has 0 radical (unpaired) electrons. The average molecular weight is 319 g/mol. The van der Waals surface area contributed by atoms with Crippen LogP contribution >= 0.6 is 0 Å². The Balaban J connectivity index is 2.30. The second-order valence-electron chi connectivity index (χ2n) is 5.16. The minimum Gasteiger partial charge on any atom is -0.338 e. The van der Waals surface area contributed by atoms with Gasteiger partial charge in [0.15, 0.2) is 0 Å². The highest BCUT2D eigenvalue weighted by Gasteiger charge is 2.43. The van der Waals surface area contributed by atoms with E-state index in [1.165, 1.54) is 0 Å². The standard InChI is InChI=1S/C15H14F5NO/c1-2-9-5-6-11(16)12(13(9)17)14(22)21-7-3-4-10(8-21)15(18,19)20/h2,5-6,10H,1,3-4,7-8H2. The summed E-state index contributed by atoms with van der Waals surface area (Å²) in [6.45, 7) is 2.80. The number of likely N-dealkylation sites (tertiary alicyclic amines) is 1. The molecule has 2 nitrogen and oxygen atoms in total. The lowest BCUT2D eigenvalue weighted by molar-refractivity contribution is -0.184. The van der Waals surface area contributed by atoms with E-state index in [1.807, 2.05) is 0 Å². The second kappa shape index (κ2) is 6.06. The van der Waals surface area contributed by atoms with E-state index in [0.29, 0.717) is 0 Å². The topological polar surface area (TPSA) is 20.3 Å². The van der Waals surface area contributed by atoms with Gasteiger partial charge in [-0.05, 0) is 25.0 Å². The molecule has 1 aliphatic rings. The number of amides is 1. The number of rotatable bonds is 2. The number of carbonyl (C=O) groups excluding carboxylic acids is 1. The van der Waals surface area contributed by atoms with E-state index in [2.05, 4.69) is 6.58 Å². The third-order valence-electron chi connectivity index (χ3n) is 3.73. The Kier molecular flexibility index (Phi) is 4.53. The van der Waals surface area contributed by atoms with Crippen molar-refractivity contribution in [2.45, 2.75) is 19.0 Å². The summed E-state index contributed by atoms with van der Waals surface area (Å²) in [6.07, 6.45) is -3.27. The monoisotopic (exact) mass is 319 g/mol. The Morgan fingerprint density at radius 2 is 2.00 bits per heavy atom. The van der Waals surface area contributed by atoms with E-state index in [9.17, 15) is 26.7 Å². The predicted octanol–water partition coefficient (Wildman–Crippen LogP) is 4.02. The smallest absolute Gasteiger partial charge is 0.338 e. The zero-order chi connectivity index (χ0) is 16.5. The molecule has 0 saturated carbocycles. The lowest BCUT2D eigenvalue weighted by Gasteiger charge is -2.33. The van der Waals surface area contributed by atoms with Gasteiger partial charge in [-0.3, -0.25) is 4.79 Å². The van der Waals surface area contributed by atoms with Gasteiger partial charge in [-0.2, -0.15) is 13.2 Å². The Hall–Kier alpha value is -1.92. The summed E-state index contributed by atoms with van der Waals surface area (Å²) in [5.41, 5.74) is -0.908. The van der Waals surface area contributed by atoms with Crippen molar-refractivity contribution in [3.8, 4) is 0 Å². The Morgan fingerprint density at radius 1 is 1.32 bits per heavy atom. The third kappa shape index (κ3) is 3.13. The van der Waals surface area contributed by atoms with E-state index in [0.717, 1.165) is 23.1 Å². The molecule has 0 N–H and O–H groups in total. The first-order chi connectivity index (χ1) is 10.3. The van der Waals surface area contributed by atoms with Crippen LogP contribution in [0.3, 0.4) is 0 Å². The van der Waals surface area contributed by atoms with E-state index < -0.39 is 41.7 Å². The minimum absolute atomic E-state index is 0.0443. The first kappa shape index (κ1) is 16.5. The van der Waals surface area contributed by atoms with Crippen molar-refractivity contribution in [3.63, 3.8) is 0 Å². The van der Waals surface area contributed by atoms with Crippen LogP contribution in [0.2, 0.25) is 0 Å². The second-order valence-corrected chi connectivity index (χ2v) is 5.16. The molecule has 22 heavy (non-hydrogen) atoms. The zero-order valence-electron chi connectivity index (χ0n) is 11.6. The molecule has 2 rings (SSSR count). The van der Waals surface area contributed by atoms with Crippen LogP contribution in [-0.4, -0.2) is 30.1 Å². The number of piperidine rings is 1. The summed E-state index contributed by atoms with van der Waals surface area (Å²) in [7, 11) is 0. The summed E-state index contributed by atoms with van der Waals surface area (Å²) in [6, 6.07) is 2.02. The fraction of sp³-hybridized carbons (Fsp3) is 0.400. The third-order valence-corrected chi connectivity index (χ3v) is 3.73. The van der Waals surface area contributed by atoms with Crippen molar-refractivity contribution in [2.75, 3.05) is 13.1 Å². The summed E-state index contributed by atoms with van der Waals surface area (Å²) in [5, 5.41) is 0. The first-order valence-corrected chi connectivity index (χ1v) is 6.72. The molecule has 0 bridgehead atoms. The van der Waals surface area contributed by atoms with Crippen LogP contribution in [0, 0.1) is 17.6 Å². The molecule has 1 amide bonds. The average Bonchev–Trinajstić information content (AvgIpc) is 2.46. The van der Waals surface area contributed by atoms with Gasteiger partial charge in [0, 0.05) is 18.7 Å². The lowest BCUT2D eigenvalue weighted by Crippen LogP contribution is -2.45. The highest BCUT2D eigenvalue weighted by molar-refractivity contribution is 5.95. The van der Waals surface area contributed by atoms with Crippen LogP contribution in [0.15, 0.2) is 18.7 Å². The van der Waals surface area contributed by atoms with E-state index in [-0.39, 0.29) is 24.9 Å². The van der Waals surface area contributed by atoms with Gasteiger partial charge in [0.25, 0.3) is 5.91 Å². The highest BCUT2D eigenvalue weighted by atomic mass is 19.4. The van der Waals surface area contributed by atoms with Gasteiger partial charge < -0.3 is 4.90 Å². The number of hydrogen-bond donors (Lipinski definition) is 0. The quantitative estimate of drug-likeness (QED) is 0.754. The van der Waals surface area contributed by atoms with E-state index in [4.69, 9.17) is 0 Å². The maximum absolute atomic E-state index is 14.1. The molecule has 120 valence electrons. The summed E-state index contributed by atoms with van der Waals surface area (Å²) in [5.74, 6) is -4.93. The predicted molar refractivity (Wildman–Crippen MR) is 71.1 cm³/mol. The maximum Gasteiger partial charge on any atom is 0.393 e. The molecular weight excluding hydrogens is 305 g/mol. The van der Waals surface area contributed by atoms with Crippen LogP contribution in [0.1, 0.15) is 28.8 Å². The van der Waals surface area contributed by atoms with E-state index in [1.54, 1.807) is 0 Å². The van der Waals surface area contributed by atoms with Crippen molar-refractivity contribution >= 4 is 12.0 Å². The maximum atomic E-state index is 14.1. The minimum atomic E-state index is -4.43. The van der Waals surface area contributed by atoms with Gasteiger partial charge in [0.2, 0.25) is 0 Å². The molecule has 7 heteroatoms. The fourth-order valence-electron chi connectivity index (χ4n) is 2.51. The SMILES string of the molecule is C=Cc1ccc(F)c(C(=O)N2CCCC(C(F)(F)F)C2)c1F. The largest absolute Gasteiger partial charge is 0.393 e. The van der Waals surface area contributed by atoms with Crippen LogP contribution < -0.4 is 0 Å². The number of alkyl halides is 3. The van der Waals surface area contributed by atoms with Crippen LogP contribution in [-0.2, 0) is 0 Å². The number of hydrogen-bond acceptors (Lipinski definition) is 1. The molecule has 1 heterocycles. The molecule has 1 aliphatic heterocycles. The number of benzene rings is 1. The molecule has 1 unspecified atom stereocenters. The van der Waals surface area contributed by atoms with Crippen LogP contribution in [0.5, 0.6) is 0 Å². The fourth-order valence-corrected chi connectivity index (χ4v) is 2.51. The van der Waals surface area contributed by atoms with Gasteiger partial charge in [-0.15, -0.1) is 0 Å².